The van der Waals surface area contributed by atoms with E-state index in [9.17, 15) is 13.2 Å². The highest BCUT2D eigenvalue weighted by Gasteiger charge is 2.25. The molecular weight excluding hydrogens is 494 g/mol. The normalized spacial score (nSPS) is 14.9. The summed E-state index contributed by atoms with van der Waals surface area (Å²) in [6.07, 6.45) is 0. The number of hydrogen-bond acceptors (Lipinski definition) is 8. The summed E-state index contributed by atoms with van der Waals surface area (Å²) in [5, 5.41) is 0. The molecule has 0 saturated carbocycles. The molecule has 3 aromatic rings. The number of para-hydroxylation sites is 2. The third-order valence-electron chi connectivity index (χ3n) is 6.21. The first-order valence-corrected chi connectivity index (χ1v) is 13.5. The molecule has 10 nitrogen and oxygen atoms in total. The highest BCUT2D eigenvalue weighted by Crippen LogP contribution is 2.33. The van der Waals surface area contributed by atoms with Crippen molar-refractivity contribution in [3.63, 3.8) is 0 Å². The van der Waals surface area contributed by atoms with Gasteiger partial charge in [0, 0.05) is 26.2 Å². The topological polar surface area (TPSA) is 117 Å². The van der Waals surface area contributed by atoms with Crippen LogP contribution in [-0.2, 0) is 15.4 Å². The van der Waals surface area contributed by atoms with Gasteiger partial charge >= 0.3 is 0 Å². The van der Waals surface area contributed by atoms with Crippen molar-refractivity contribution in [2.24, 2.45) is 0 Å². The third kappa shape index (κ3) is 6.05. The predicted octanol–water partition coefficient (Wildman–Crippen LogP) is 3.42. The molecule has 0 aliphatic carbocycles. The monoisotopic (exact) mass is 527 g/mol. The molecular formula is C26H33N5O5S. The van der Waals surface area contributed by atoms with E-state index >= 15 is 0 Å². The Morgan fingerprint density at radius 3 is 2.19 bits per heavy atom. The predicted molar refractivity (Wildman–Crippen MR) is 144 cm³/mol. The number of piperazine rings is 1. The number of ether oxygens (including phenoxy) is 2. The fraction of sp³-hybridized carbons (Fsp3) is 0.385. The van der Waals surface area contributed by atoms with E-state index < -0.39 is 15.6 Å². The molecule has 2 aromatic carbocycles. The second-order valence-electron chi connectivity index (χ2n) is 9.99. The summed E-state index contributed by atoms with van der Waals surface area (Å²) in [4.78, 5) is 24.6. The summed E-state index contributed by atoms with van der Waals surface area (Å²) in [5.41, 5.74) is 0.255. The highest BCUT2D eigenvalue weighted by atomic mass is 32.2. The van der Waals surface area contributed by atoms with E-state index in [-0.39, 0.29) is 33.6 Å². The van der Waals surface area contributed by atoms with Gasteiger partial charge in [-0.15, -0.1) is 0 Å². The maximum absolute atomic E-state index is 13.4. The Morgan fingerprint density at radius 2 is 1.59 bits per heavy atom. The number of methoxy groups -OCH3 is 1. The Morgan fingerprint density at radius 1 is 0.973 bits per heavy atom. The highest BCUT2D eigenvalue weighted by molar-refractivity contribution is 7.92. The van der Waals surface area contributed by atoms with Crippen LogP contribution < -0.4 is 24.7 Å². The lowest BCUT2D eigenvalue weighted by atomic mass is 9.87. The molecule has 0 spiro atoms. The van der Waals surface area contributed by atoms with Crippen LogP contribution in [0.5, 0.6) is 17.2 Å². The van der Waals surface area contributed by atoms with Gasteiger partial charge in [-0.1, -0.05) is 45.0 Å². The van der Waals surface area contributed by atoms with Crippen LogP contribution in [0, 0.1) is 0 Å². The van der Waals surface area contributed by atoms with E-state index in [4.69, 9.17) is 9.47 Å². The second kappa shape index (κ2) is 10.4. The lowest BCUT2D eigenvalue weighted by Crippen LogP contribution is -2.45. The number of sulfonamides is 1. The molecule has 0 amide bonds. The Bertz CT molecular complexity index is 1410. The van der Waals surface area contributed by atoms with Crippen molar-refractivity contribution in [2.45, 2.75) is 31.1 Å². The zero-order valence-electron chi connectivity index (χ0n) is 21.7. The number of H-pyrrole nitrogens is 1. The van der Waals surface area contributed by atoms with E-state index in [2.05, 4.69) is 40.4 Å². The molecule has 198 valence electrons. The minimum absolute atomic E-state index is 0.0481. The molecule has 0 atom stereocenters. The number of benzene rings is 2. The van der Waals surface area contributed by atoms with Crippen molar-refractivity contribution in [1.29, 1.82) is 0 Å². The first kappa shape index (κ1) is 26.5. The molecule has 0 radical (unpaired) electrons. The number of nitrogens with one attached hydrogen (secondary N) is 2. The minimum Gasteiger partial charge on any atom is -0.493 e. The van der Waals surface area contributed by atoms with Gasteiger partial charge in [0.1, 0.15) is 0 Å². The van der Waals surface area contributed by atoms with Gasteiger partial charge in [-0.25, -0.2) is 8.42 Å². The smallest absolute Gasteiger partial charge is 0.297 e. The van der Waals surface area contributed by atoms with Crippen LogP contribution in [0.4, 0.5) is 11.8 Å². The number of likely N-dealkylation sites (N-methyl/N-ethyl adjacent to an activating group) is 1. The molecule has 11 heteroatoms. The maximum atomic E-state index is 13.4. The van der Waals surface area contributed by atoms with Crippen LogP contribution in [0.2, 0.25) is 0 Å². The van der Waals surface area contributed by atoms with E-state index in [0.717, 1.165) is 18.7 Å². The second-order valence-corrected chi connectivity index (χ2v) is 11.7. The molecule has 1 aliphatic heterocycles. The van der Waals surface area contributed by atoms with Crippen LogP contribution >= 0.6 is 0 Å². The number of nitrogens with zero attached hydrogens (tertiary/aromatic N) is 3. The molecule has 1 saturated heterocycles. The van der Waals surface area contributed by atoms with E-state index in [1.807, 2.05) is 11.9 Å². The van der Waals surface area contributed by atoms with Crippen LogP contribution in [0.1, 0.15) is 26.3 Å². The third-order valence-corrected chi connectivity index (χ3v) is 7.56. The largest absolute Gasteiger partial charge is 0.493 e. The Hall–Kier alpha value is -3.57. The molecule has 2 heterocycles. The number of rotatable bonds is 7. The fourth-order valence-corrected chi connectivity index (χ4v) is 4.92. The molecule has 37 heavy (non-hydrogen) atoms. The average molecular weight is 528 g/mol. The lowest BCUT2D eigenvalue weighted by Gasteiger charge is -2.32. The van der Waals surface area contributed by atoms with Gasteiger partial charge in [0.15, 0.2) is 17.3 Å². The first-order valence-electron chi connectivity index (χ1n) is 12.0. The van der Waals surface area contributed by atoms with Crippen molar-refractivity contribution >= 4 is 21.8 Å². The zero-order valence-corrected chi connectivity index (χ0v) is 22.6. The van der Waals surface area contributed by atoms with E-state index in [1.165, 1.54) is 19.2 Å². The summed E-state index contributed by atoms with van der Waals surface area (Å²) in [6, 6.07) is 13.4. The van der Waals surface area contributed by atoms with Crippen LogP contribution in [-0.4, -0.2) is 63.6 Å². The molecule has 0 unspecified atom stereocenters. The van der Waals surface area contributed by atoms with Crippen molar-refractivity contribution in [2.75, 3.05) is 50.0 Å². The Labute approximate surface area is 217 Å². The number of aromatic amines is 1. The Balaban J connectivity index is 1.75. The SMILES string of the molecule is COc1ccccc1Oc1c(NS(=O)(=O)c2ccc(C(C)(C)C)cc2)nc(N2CCN(C)CC2)[nH]c1=O. The summed E-state index contributed by atoms with van der Waals surface area (Å²) in [5.74, 6) is 0.420. The number of aromatic nitrogens is 2. The summed E-state index contributed by atoms with van der Waals surface area (Å²) in [7, 11) is -0.588. The molecule has 1 aromatic heterocycles. The van der Waals surface area contributed by atoms with Gasteiger partial charge in [-0.3, -0.25) is 14.5 Å². The van der Waals surface area contributed by atoms with Gasteiger partial charge in [-0.2, -0.15) is 4.98 Å². The van der Waals surface area contributed by atoms with E-state index in [0.29, 0.717) is 18.8 Å². The molecule has 1 fully saturated rings. The quantitative estimate of drug-likeness (QED) is 0.480. The minimum atomic E-state index is -4.08. The van der Waals surface area contributed by atoms with Crippen LogP contribution in [0.3, 0.4) is 0 Å². The molecule has 1 aliphatic rings. The van der Waals surface area contributed by atoms with Gasteiger partial charge in [0.2, 0.25) is 11.7 Å². The summed E-state index contributed by atoms with van der Waals surface area (Å²) in [6.45, 7) is 8.98. The van der Waals surface area contributed by atoms with Crippen molar-refractivity contribution in [3.05, 3.63) is 64.4 Å². The van der Waals surface area contributed by atoms with Gasteiger partial charge in [-0.05, 0) is 42.3 Å². The summed E-state index contributed by atoms with van der Waals surface area (Å²) >= 11 is 0. The molecule has 2 N–H and O–H groups in total. The van der Waals surface area contributed by atoms with E-state index in [1.54, 1.807) is 36.4 Å². The number of anilines is 2. The fourth-order valence-electron chi connectivity index (χ4n) is 3.92. The standard InChI is InChI=1S/C26H33N5O5S/c1-26(2,3)18-10-12-19(13-11-18)37(33,34)29-23-22(36-21-9-7-6-8-20(21)35-5)24(32)28-25(27-23)31-16-14-30(4)15-17-31/h6-13H,14-17H2,1-5H3,(H2,27,28,29,32). The molecule has 0 bridgehead atoms. The first-order chi connectivity index (χ1) is 17.5. The van der Waals surface area contributed by atoms with Gasteiger partial charge in [0.25, 0.3) is 15.6 Å². The van der Waals surface area contributed by atoms with Crippen molar-refractivity contribution in [3.8, 4) is 17.2 Å². The zero-order chi connectivity index (χ0) is 26.8. The molecule has 4 rings (SSSR count). The van der Waals surface area contributed by atoms with Crippen molar-refractivity contribution in [1.82, 2.24) is 14.9 Å². The summed E-state index contributed by atoms with van der Waals surface area (Å²) < 4.78 is 40.4. The van der Waals surface area contributed by atoms with Crippen molar-refractivity contribution < 1.29 is 17.9 Å². The van der Waals surface area contributed by atoms with Crippen LogP contribution in [0.25, 0.3) is 0 Å². The van der Waals surface area contributed by atoms with Gasteiger partial charge in [0.05, 0.1) is 12.0 Å². The van der Waals surface area contributed by atoms with Crippen LogP contribution in [0.15, 0.2) is 58.2 Å². The maximum Gasteiger partial charge on any atom is 0.297 e. The lowest BCUT2D eigenvalue weighted by molar-refractivity contribution is 0.311. The van der Waals surface area contributed by atoms with Gasteiger partial charge < -0.3 is 19.3 Å². The number of hydrogen-bond donors (Lipinski definition) is 2. The average Bonchev–Trinajstić information content (AvgIpc) is 2.86. The Kier molecular flexibility index (Phi) is 7.47.